The van der Waals surface area contributed by atoms with Gasteiger partial charge in [0.2, 0.25) is 5.43 Å². The van der Waals surface area contributed by atoms with Crippen molar-refractivity contribution in [3.05, 3.63) is 50.7 Å². The third-order valence-electron chi connectivity index (χ3n) is 5.43. The number of aromatic hydroxyl groups is 2. The van der Waals surface area contributed by atoms with Gasteiger partial charge in [-0.15, -0.1) is 0 Å². The molecule has 0 amide bonds. The minimum Gasteiger partial charge on any atom is -0.507 e. The molecule has 0 unspecified atom stereocenters. The Bertz CT molecular complexity index is 1390. The molecule has 7 heteroatoms. The predicted molar refractivity (Wildman–Crippen MR) is 116 cm³/mol. The zero-order valence-corrected chi connectivity index (χ0v) is 17.8. The van der Waals surface area contributed by atoms with Crippen LogP contribution in [0.25, 0.3) is 28.0 Å². The van der Waals surface area contributed by atoms with E-state index < -0.39 is 28.5 Å². The van der Waals surface area contributed by atoms with E-state index in [0.29, 0.717) is 5.56 Å². The Morgan fingerprint density at radius 3 is 2.39 bits per heavy atom. The predicted octanol–water partition coefficient (Wildman–Crippen LogP) is 4.63. The number of carbonyl (C=O) groups excluding carboxylic acids is 2. The monoisotopic (exact) mass is 422 g/mol. The Balaban J connectivity index is 2.26. The Kier molecular flexibility index (Phi) is 4.46. The van der Waals surface area contributed by atoms with Crippen LogP contribution in [-0.4, -0.2) is 22.0 Å². The van der Waals surface area contributed by atoms with Crippen LogP contribution in [0.1, 0.15) is 66.5 Å². The fourth-order valence-corrected chi connectivity index (χ4v) is 3.96. The minimum atomic E-state index is -1.03. The van der Waals surface area contributed by atoms with Crippen molar-refractivity contribution in [1.82, 2.24) is 0 Å². The van der Waals surface area contributed by atoms with Crippen molar-refractivity contribution in [2.24, 2.45) is 5.92 Å². The van der Waals surface area contributed by atoms with Gasteiger partial charge in [0.25, 0.3) is 0 Å². The second kappa shape index (κ2) is 6.70. The van der Waals surface area contributed by atoms with Crippen molar-refractivity contribution in [2.45, 2.75) is 40.2 Å². The maximum absolute atomic E-state index is 13.4. The molecule has 0 fully saturated rings. The molecule has 0 saturated carbocycles. The highest BCUT2D eigenvalue weighted by atomic mass is 16.6. The molecule has 3 aromatic rings. The van der Waals surface area contributed by atoms with Crippen LogP contribution in [0.2, 0.25) is 0 Å². The number of ketones is 1. The van der Waals surface area contributed by atoms with E-state index in [9.17, 15) is 24.6 Å². The van der Waals surface area contributed by atoms with E-state index in [-0.39, 0.29) is 50.3 Å². The molecule has 0 radical (unpaired) electrons. The summed E-state index contributed by atoms with van der Waals surface area (Å²) < 4.78 is 11.4. The summed E-state index contributed by atoms with van der Waals surface area (Å²) in [6, 6.07) is 2.56. The third kappa shape index (κ3) is 3.00. The average molecular weight is 422 g/mol. The number of hydrogen-bond donors (Lipinski definition) is 2. The number of allylic oxidation sites excluding steroid dienone is 1. The second-order valence-corrected chi connectivity index (χ2v) is 8.57. The van der Waals surface area contributed by atoms with Crippen molar-refractivity contribution >= 4 is 39.8 Å². The summed E-state index contributed by atoms with van der Waals surface area (Å²) in [5.41, 5.74) is -1.15. The van der Waals surface area contributed by atoms with E-state index in [0.717, 1.165) is 6.07 Å². The zero-order chi connectivity index (χ0) is 22.8. The normalized spacial score (nSPS) is 15.2. The Labute approximate surface area is 177 Å². The van der Waals surface area contributed by atoms with Crippen LogP contribution < -0.4 is 5.43 Å². The fourth-order valence-electron chi connectivity index (χ4n) is 3.96. The number of hydrogen-bond acceptors (Lipinski definition) is 7. The van der Waals surface area contributed by atoms with Crippen LogP contribution in [-0.2, 0) is 10.3 Å². The summed E-state index contributed by atoms with van der Waals surface area (Å²) in [7, 11) is 0. The fraction of sp³-hybridized carbons (Fsp3) is 0.292. The standard InChI is InChI=1S/C24H22O7/c1-10(2)6-7-12-15(26)9-16(27)19-20(28)13-8-14-18(23(29)31-24(14,4)5)17(11(3)25)22(13)30-21(12)19/h6-10,26-27H,1-5H3. The molecule has 0 saturated heterocycles. The minimum absolute atomic E-state index is 0.0441. The van der Waals surface area contributed by atoms with E-state index in [1.54, 1.807) is 26.0 Å². The summed E-state index contributed by atoms with van der Waals surface area (Å²) in [4.78, 5) is 38.6. The quantitative estimate of drug-likeness (QED) is 0.359. The number of phenols is 2. The largest absolute Gasteiger partial charge is 0.507 e. The summed E-state index contributed by atoms with van der Waals surface area (Å²) in [5.74, 6) is -1.73. The van der Waals surface area contributed by atoms with E-state index >= 15 is 0 Å². The Morgan fingerprint density at radius 2 is 1.77 bits per heavy atom. The molecule has 1 aromatic heterocycles. The van der Waals surface area contributed by atoms with Gasteiger partial charge < -0.3 is 19.4 Å². The van der Waals surface area contributed by atoms with Gasteiger partial charge in [-0.2, -0.15) is 0 Å². The van der Waals surface area contributed by atoms with Crippen molar-refractivity contribution in [1.29, 1.82) is 0 Å². The molecular weight excluding hydrogens is 400 g/mol. The van der Waals surface area contributed by atoms with Crippen LogP contribution in [0.4, 0.5) is 0 Å². The van der Waals surface area contributed by atoms with E-state index in [1.165, 1.54) is 13.0 Å². The first-order chi connectivity index (χ1) is 14.4. The summed E-state index contributed by atoms with van der Waals surface area (Å²) >= 11 is 0. The lowest BCUT2D eigenvalue weighted by Gasteiger charge is -2.18. The molecule has 2 N–H and O–H groups in total. The lowest BCUT2D eigenvalue weighted by Crippen LogP contribution is -2.16. The molecule has 2 heterocycles. The molecule has 2 aromatic carbocycles. The van der Waals surface area contributed by atoms with Crippen LogP contribution >= 0.6 is 0 Å². The maximum atomic E-state index is 13.4. The number of benzene rings is 2. The number of phenolic OH excluding ortho intramolecular Hbond substituents is 2. The molecule has 7 nitrogen and oxygen atoms in total. The SMILES string of the molecule is CC(=O)c1c2c(cc3c(=O)c4c(O)cc(O)c(C=CC(C)C)c4oc13)C(C)(C)OC2=O. The van der Waals surface area contributed by atoms with Gasteiger partial charge in [0.15, 0.2) is 11.4 Å². The number of esters is 1. The molecule has 1 aliphatic rings. The smallest absolute Gasteiger partial charge is 0.340 e. The molecular formula is C24H22O7. The molecule has 4 rings (SSSR count). The van der Waals surface area contributed by atoms with Crippen molar-refractivity contribution < 1.29 is 29.0 Å². The Hall–Kier alpha value is -3.61. The maximum Gasteiger partial charge on any atom is 0.340 e. The molecule has 0 spiro atoms. The average Bonchev–Trinajstić information content (AvgIpc) is 2.87. The molecule has 160 valence electrons. The summed E-state index contributed by atoms with van der Waals surface area (Å²) in [6.45, 7) is 8.48. The lowest BCUT2D eigenvalue weighted by molar-refractivity contribution is 0.00948. The van der Waals surface area contributed by atoms with Gasteiger partial charge in [-0.1, -0.05) is 26.0 Å². The van der Waals surface area contributed by atoms with Crippen molar-refractivity contribution in [2.75, 3.05) is 0 Å². The highest BCUT2D eigenvalue weighted by Gasteiger charge is 2.42. The lowest BCUT2D eigenvalue weighted by atomic mass is 9.89. The molecule has 0 atom stereocenters. The summed E-state index contributed by atoms with van der Waals surface area (Å²) in [6.07, 6.45) is 3.39. The van der Waals surface area contributed by atoms with Gasteiger partial charge in [-0.3, -0.25) is 9.59 Å². The van der Waals surface area contributed by atoms with Gasteiger partial charge in [0, 0.05) is 11.6 Å². The summed E-state index contributed by atoms with van der Waals surface area (Å²) in [5, 5.41) is 20.7. The molecule has 0 bridgehead atoms. The third-order valence-corrected chi connectivity index (χ3v) is 5.43. The number of fused-ring (bicyclic) bond motifs is 3. The van der Waals surface area contributed by atoms with E-state index in [2.05, 4.69) is 0 Å². The number of cyclic esters (lactones) is 1. The van der Waals surface area contributed by atoms with Gasteiger partial charge in [0.05, 0.1) is 22.1 Å². The van der Waals surface area contributed by atoms with Gasteiger partial charge in [-0.25, -0.2) is 4.79 Å². The first-order valence-corrected chi connectivity index (χ1v) is 9.89. The number of rotatable bonds is 3. The number of ether oxygens (including phenoxy) is 1. The number of carbonyl (C=O) groups is 2. The first kappa shape index (κ1) is 20.7. The number of Topliss-reactive ketones (excluding diaryl/α,β-unsaturated/α-hetero) is 1. The first-order valence-electron chi connectivity index (χ1n) is 9.89. The highest BCUT2D eigenvalue weighted by Crippen LogP contribution is 2.42. The molecule has 1 aliphatic heterocycles. The molecule has 0 aliphatic carbocycles. The van der Waals surface area contributed by atoms with Crippen LogP contribution in [0.15, 0.2) is 27.4 Å². The van der Waals surface area contributed by atoms with Gasteiger partial charge >= 0.3 is 5.97 Å². The van der Waals surface area contributed by atoms with Gasteiger partial charge in [0.1, 0.15) is 28.1 Å². The van der Waals surface area contributed by atoms with Gasteiger partial charge in [-0.05, 0) is 32.8 Å². The van der Waals surface area contributed by atoms with Crippen molar-refractivity contribution in [3.63, 3.8) is 0 Å². The second-order valence-electron chi connectivity index (χ2n) is 8.57. The topological polar surface area (TPSA) is 114 Å². The van der Waals surface area contributed by atoms with E-state index in [1.807, 2.05) is 13.8 Å². The van der Waals surface area contributed by atoms with Crippen LogP contribution in [0, 0.1) is 5.92 Å². The van der Waals surface area contributed by atoms with Crippen molar-refractivity contribution in [3.8, 4) is 11.5 Å². The highest BCUT2D eigenvalue weighted by molar-refractivity contribution is 6.16. The Morgan fingerprint density at radius 1 is 1.10 bits per heavy atom. The van der Waals surface area contributed by atoms with Crippen LogP contribution in [0.3, 0.4) is 0 Å². The molecule has 31 heavy (non-hydrogen) atoms. The van der Waals surface area contributed by atoms with E-state index in [4.69, 9.17) is 9.15 Å². The zero-order valence-electron chi connectivity index (χ0n) is 17.8. The van der Waals surface area contributed by atoms with Crippen LogP contribution in [0.5, 0.6) is 11.5 Å².